The van der Waals surface area contributed by atoms with Gasteiger partial charge in [-0.05, 0) is 57.2 Å². The van der Waals surface area contributed by atoms with E-state index < -0.39 is 0 Å². The summed E-state index contributed by atoms with van der Waals surface area (Å²) in [5, 5.41) is 0. The second kappa shape index (κ2) is 6.50. The molecule has 1 aromatic carbocycles. The van der Waals surface area contributed by atoms with Gasteiger partial charge >= 0.3 is 0 Å². The monoisotopic (exact) mass is 289 g/mol. The second-order valence-corrected chi connectivity index (χ2v) is 7.12. The number of likely N-dealkylation sites (tertiary alicyclic amines) is 1. The average molecular weight is 289 g/mol. The molecule has 21 heavy (non-hydrogen) atoms. The summed E-state index contributed by atoms with van der Waals surface area (Å²) in [6.07, 6.45) is 2.86. The molecule has 1 heterocycles. The van der Waals surface area contributed by atoms with Crippen molar-refractivity contribution in [3.63, 3.8) is 0 Å². The third-order valence-electron chi connectivity index (χ3n) is 3.71. The lowest BCUT2D eigenvalue weighted by Gasteiger charge is -2.31. The first-order valence-corrected chi connectivity index (χ1v) is 7.89. The van der Waals surface area contributed by atoms with Crippen LogP contribution in [0, 0.1) is 5.92 Å². The highest BCUT2D eigenvalue weighted by molar-refractivity contribution is 5.78. The van der Waals surface area contributed by atoms with E-state index >= 15 is 0 Å². The van der Waals surface area contributed by atoms with Gasteiger partial charge < -0.3 is 9.64 Å². The van der Waals surface area contributed by atoms with Crippen LogP contribution in [-0.2, 0) is 11.2 Å². The Morgan fingerprint density at radius 1 is 1.29 bits per heavy atom. The summed E-state index contributed by atoms with van der Waals surface area (Å²) < 4.78 is 5.80. The van der Waals surface area contributed by atoms with Crippen LogP contribution in [0.1, 0.15) is 46.1 Å². The zero-order valence-electron chi connectivity index (χ0n) is 13.7. The number of carbonyl (C=O) groups is 1. The summed E-state index contributed by atoms with van der Waals surface area (Å²) in [4.78, 5) is 14.3. The largest absolute Gasteiger partial charge is 0.488 e. The summed E-state index contributed by atoms with van der Waals surface area (Å²) in [5.41, 5.74) is 0.862. The molecule has 3 heteroatoms. The van der Waals surface area contributed by atoms with Crippen LogP contribution < -0.4 is 4.74 Å². The Labute approximate surface area is 128 Å². The molecule has 1 aliphatic heterocycles. The van der Waals surface area contributed by atoms with E-state index in [4.69, 9.17) is 4.74 Å². The number of carbonyl (C=O) groups excluding carboxylic acids is 1. The lowest BCUT2D eigenvalue weighted by atomic mass is 9.99. The van der Waals surface area contributed by atoms with Gasteiger partial charge in [0.25, 0.3) is 0 Å². The van der Waals surface area contributed by atoms with Gasteiger partial charge in [-0.2, -0.15) is 0 Å². The van der Waals surface area contributed by atoms with E-state index in [9.17, 15) is 4.79 Å². The van der Waals surface area contributed by atoms with Gasteiger partial charge in [-0.25, -0.2) is 0 Å². The lowest BCUT2D eigenvalue weighted by Crippen LogP contribution is -2.39. The molecular weight excluding hydrogens is 262 g/mol. The molecule has 1 saturated heterocycles. The smallest absolute Gasteiger partial charge is 0.226 e. The third kappa shape index (κ3) is 5.07. The van der Waals surface area contributed by atoms with E-state index in [0.29, 0.717) is 12.3 Å². The Morgan fingerprint density at radius 2 is 1.95 bits per heavy atom. The Kier molecular flexibility index (Phi) is 4.92. The zero-order valence-corrected chi connectivity index (χ0v) is 13.7. The normalized spacial score (nSPS) is 19.4. The van der Waals surface area contributed by atoms with Crippen molar-refractivity contribution in [1.82, 2.24) is 4.90 Å². The number of amides is 1. The molecule has 0 aliphatic carbocycles. The van der Waals surface area contributed by atoms with E-state index in [0.717, 1.165) is 30.8 Å². The molecule has 3 nitrogen and oxygen atoms in total. The van der Waals surface area contributed by atoms with Gasteiger partial charge in [0.2, 0.25) is 5.91 Å². The summed E-state index contributed by atoms with van der Waals surface area (Å²) in [6, 6.07) is 7.89. The Bertz CT molecular complexity index is 473. The highest BCUT2D eigenvalue weighted by Crippen LogP contribution is 2.20. The Hall–Kier alpha value is -1.51. The fourth-order valence-corrected chi connectivity index (χ4v) is 2.73. The van der Waals surface area contributed by atoms with Crippen LogP contribution in [0.5, 0.6) is 5.75 Å². The van der Waals surface area contributed by atoms with Gasteiger partial charge in [-0.3, -0.25) is 4.79 Å². The first-order valence-electron chi connectivity index (χ1n) is 7.89. The Balaban J connectivity index is 1.92. The van der Waals surface area contributed by atoms with E-state index in [1.807, 2.05) is 49.9 Å². The van der Waals surface area contributed by atoms with Gasteiger partial charge in [0.1, 0.15) is 11.4 Å². The summed E-state index contributed by atoms with van der Waals surface area (Å²) in [5.74, 6) is 1.72. The fraction of sp³-hybridized carbons (Fsp3) is 0.611. The number of hydrogen-bond donors (Lipinski definition) is 0. The maximum atomic E-state index is 12.3. The summed E-state index contributed by atoms with van der Waals surface area (Å²) in [6.45, 7) is 10.1. The van der Waals surface area contributed by atoms with Crippen molar-refractivity contribution in [2.75, 3.05) is 13.1 Å². The van der Waals surface area contributed by atoms with Gasteiger partial charge in [-0.1, -0.05) is 19.1 Å². The lowest BCUT2D eigenvalue weighted by molar-refractivity contribution is -0.132. The van der Waals surface area contributed by atoms with Crippen LogP contribution in [0.3, 0.4) is 0 Å². The number of ether oxygens (including phenoxy) is 1. The molecule has 0 radical (unpaired) electrons. The quantitative estimate of drug-likeness (QED) is 0.850. The minimum absolute atomic E-state index is 0.193. The second-order valence-electron chi connectivity index (χ2n) is 7.12. The molecule has 1 aliphatic rings. The predicted octanol–water partition coefficient (Wildman–Crippen LogP) is 3.66. The number of piperidine rings is 1. The molecule has 0 aromatic heterocycles. The first kappa shape index (κ1) is 15.9. The molecule has 116 valence electrons. The standard InChI is InChI=1S/C18H27NO2/c1-14-6-5-11-19(13-14)17(20)12-15-7-9-16(10-8-15)21-18(2,3)4/h7-10,14H,5-6,11-13H2,1-4H3. The number of rotatable bonds is 3. The van der Waals surface area contributed by atoms with E-state index in [1.165, 1.54) is 6.42 Å². The molecule has 2 rings (SSSR count). The van der Waals surface area contributed by atoms with Gasteiger partial charge in [-0.15, -0.1) is 0 Å². The van der Waals surface area contributed by atoms with Crippen molar-refractivity contribution in [3.05, 3.63) is 29.8 Å². The maximum Gasteiger partial charge on any atom is 0.226 e. The zero-order chi connectivity index (χ0) is 15.5. The third-order valence-corrected chi connectivity index (χ3v) is 3.71. The fourth-order valence-electron chi connectivity index (χ4n) is 2.73. The predicted molar refractivity (Wildman–Crippen MR) is 85.5 cm³/mol. The molecule has 0 spiro atoms. The molecule has 0 saturated carbocycles. The molecular formula is C18H27NO2. The molecule has 1 atom stereocenters. The van der Waals surface area contributed by atoms with Gasteiger partial charge in [0.05, 0.1) is 6.42 Å². The van der Waals surface area contributed by atoms with Crippen molar-refractivity contribution in [3.8, 4) is 5.75 Å². The van der Waals surface area contributed by atoms with Gasteiger partial charge in [0, 0.05) is 13.1 Å². The number of nitrogens with zero attached hydrogens (tertiary/aromatic N) is 1. The minimum Gasteiger partial charge on any atom is -0.488 e. The van der Waals surface area contributed by atoms with Crippen molar-refractivity contribution in [1.29, 1.82) is 0 Å². The van der Waals surface area contributed by atoms with Crippen molar-refractivity contribution < 1.29 is 9.53 Å². The number of hydrogen-bond acceptors (Lipinski definition) is 2. The maximum absolute atomic E-state index is 12.3. The highest BCUT2D eigenvalue weighted by Gasteiger charge is 2.21. The SMILES string of the molecule is CC1CCCN(C(=O)Cc2ccc(OC(C)(C)C)cc2)C1. The van der Waals surface area contributed by atoms with Crippen LogP contribution in [0.4, 0.5) is 0 Å². The first-order chi connectivity index (χ1) is 9.83. The average Bonchev–Trinajstić information content (AvgIpc) is 2.39. The molecule has 1 fully saturated rings. The van der Waals surface area contributed by atoms with E-state index in [-0.39, 0.29) is 11.5 Å². The molecule has 1 unspecified atom stereocenters. The molecule has 1 amide bonds. The van der Waals surface area contributed by atoms with Crippen LogP contribution in [0.15, 0.2) is 24.3 Å². The van der Waals surface area contributed by atoms with Gasteiger partial charge in [0.15, 0.2) is 0 Å². The van der Waals surface area contributed by atoms with Crippen LogP contribution in [0.2, 0.25) is 0 Å². The van der Waals surface area contributed by atoms with Crippen LogP contribution >= 0.6 is 0 Å². The van der Waals surface area contributed by atoms with Crippen molar-refractivity contribution >= 4 is 5.91 Å². The molecule has 1 aromatic rings. The van der Waals surface area contributed by atoms with Crippen molar-refractivity contribution in [2.45, 2.75) is 52.6 Å². The van der Waals surface area contributed by atoms with Crippen LogP contribution in [-0.4, -0.2) is 29.5 Å². The van der Waals surface area contributed by atoms with Crippen molar-refractivity contribution in [2.24, 2.45) is 5.92 Å². The molecule has 0 N–H and O–H groups in total. The van der Waals surface area contributed by atoms with E-state index in [1.54, 1.807) is 0 Å². The molecule has 0 bridgehead atoms. The topological polar surface area (TPSA) is 29.5 Å². The van der Waals surface area contributed by atoms with E-state index in [2.05, 4.69) is 6.92 Å². The minimum atomic E-state index is -0.193. The number of benzene rings is 1. The summed E-state index contributed by atoms with van der Waals surface area (Å²) in [7, 11) is 0. The van der Waals surface area contributed by atoms with Crippen LogP contribution in [0.25, 0.3) is 0 Å². The highest BCUT2D eigenvalue weighted by atomic mass is 16.5. The Morgan fingerprint density at radius 3 is 2.52 bits per heavy atom. The summed E-state index contributed by atoms with van der Waals surface area (Å²) >= 11 is 0.